The van der Waals surface area contributed by atoms with Crippen LogP contribution in [0.25, 0.3) is 0 Å². The molecule has 9 heteroatoms. The maximum absolute atomic E-state index is 14.5. The first-order valence-corrected chi connectivity index (χ1v) is 11.6. The maximum atomic E-state index is 14.5. The molecule has 2 heterocycles. The second-order valence-electron chi connectivity index (χ2n) is 9.65. The maximum Gasteiger partial charge on any atom is 0.201 e. The molecule has 2 aromatic rings. The molecule has 0 radical (unpaired) electrons. The highest BCUT2D eigenvalue weighted by atomic mass is 16.5. The highest BCUT2D eigenvalue weighted by molar-refractivity contribution is 6.26. The van der Waals surface area contributed by atoms with Gasteiger partial charge in [0.15, 0.2) is 34.4 Å². The molecular formula is C27H26O9. The highest BCUT2D eigenvalue weighted by Gasteiger charge is 2.64. The van der Waals surface area contributed by atoms with Gasteiger partial charge in [0, 0.05) is 23.1 Å². The Morgan fingerprint density at radius 1 is 0.944 bits per heavy atom. The third kappa shape index (κ3) is 2.74. The zero-order valence-corrected chi connectivity index (χ0v) is 20.2. The average Bonchev–Trinajstić information content (AvgIpc) is 2.83. The summed E-state index contributed by atoms with van der Waals surface area (Å²) < 4.78 is 11.7. The fraction of sp³-hybridized carbons (Fsp3) is 0.333. The molecule has 1 atom stereocenters. The van der Waals surface area contributed by atoms with Gasteiger partial charge in [0.2, 0.25) is 17.3 Å². The molecule has 0 saturated carbocycles. The third-order valence-electron chi connectivity index (χ3n) is 7.25. The number of benzene rings is 2. The molecule has 2 aliphatic heterocycles. The summed E-state index contributed by atoms with van der Waals surface area (Å²) in [6, 6.07) is 2.52. The molecule has 0 bridgehead atoms. The molecule has 0 saturated heterocycles. The number of ether oxygens (including phenoxy) is 2. The van der Waals surface area contributed by atoms with Crippen LogP contribution in [0.4, 0.5) is 0 Å². The van der Waals surface area contributed by atoms with Gasteiger partial charge in [-0.05, 0) is 62.1 Å². The zero-order valence-electron chi connectivity index (χ0n) is 20.2. The predicted molar refractivity (Wildman–Crippen MR) is 126 cm³/mol. The molecule has 36 heavy (non-hydrogen) atoms. The quantitative estimate of drug-likeness (QED) is 0.312. The fourth-order valence-corrected chi connectivity index (χ4v) is 5.70. The van der Waals surface area contributed by atoms with E-state index in [1.807, 2.05) is 6.92 Å². The van der Waals surface area contributed by atoms with Crippen LogP contribution in [0.5, 0.6) is 34.5 Å². The van der Waals surface area contributed by atoms with E-state index in [4.69, 9.17) is 9.47 Å². The van der Waals surface area contributed by atoms with E-state index >= 15 is 0 Å². The van der Waals surface area contributed by atoms with E-state index in [1.54, 1.807) is 19.9 Å². The zero-order chi connectivity index (χ0) is 26.3. The summed E-state index contributed by atoms with van der Waals surface area (Å²) in [5, 5.41) is 53.7. The summed E-state index contributed by atoms with van der Waals surface area (Å²) in [5.41, 5.74) is -3.26. The number of hydrogen-bond donors (Lipinski definition) is 5. The Labute approximate surface area is 206 Å². The number of allylic oxidation sites excluding steroid dienone is 3. The van der Waals surface area contributed by atoms with Gasteiger partial charge in [-0.2, -0.15) is 0 Å². The number of Topliss-reactive ketones (excluding diaryl/α,β-unsaturated/α-hetero) is 2. The molecule has 0 fully saturated rings. The summed E-state index contributed by atoms with van der Waals surface area (Å²) in [6.07, 6.45) is 2.83. The standard InChI is InChI=1S/C27H26O9/c1-5-6-13-9-15-14(10-35-13)24(32)26(4,34)25(33)27(15)18-11(2)7-16(28)20(30)22(18)36-23-19(27)12(3)8-17(29)21(23)31/h7-9,28-31,34H,5-6,10H2,1-4H3. The molecule has 0 amide bonds. The molecule has 5 rings (SSSR count). The third-order valence-corrected chi connectivity index (χ3v) is 7.25. The smallest absolute Gasteiger partial charge is 0.201 e. The van der Waals surface area contributed by atoms with Gasteiger partial charge in [0.25, 0.3) is 0 Å². The van der Waals surface area contributed by atoms with Crippen molar-refractivity contribution in [2.75, 3.05) is 6.61 Å². The van der Waals surface area contributed by atoms with E-state index in [2.05, 4.69) is 0 Å². The van der Waals surface area contributed by atoms with Crippen molar-refractivity contribution in [3.8, 4) is 34.5 Å². The molecule has 1 spiro atoms. The van der Waals surface area contributed by atoms with E-state index in [0.29, 0.717) is 23.3 Å². The number of rotatable bonds is 2. The number of hydrogen-bond acceptors (Lipinski definition) is 9. The topological polar surface area (TPSA) is 154 Å². The Morgan fingerprint density at radius 3 is 1.97 bits per heavy atom. The molecule has 0 aromatic heterocycles. The first-order valence-electron chi connectivity index (χ1n) is 11.6. The fourth-order valence-electron chi connectivity index (χ4n) is 5.70. The first kappa shape index (κ1) is 23.7. The Bertz CT molecular complexity index is 1380. The van der Waals surface area contributed by atoms with Crippen LogP contribution in [0, 0.1) is 13.8 Å². The van der Waals surface area contributed by atoms with Gasteiger partial charge in [0.1, 0.15) is 12.0 Å². The second kappa shape index (κ2) is 7.51. The minimum absolute atomic E-state index is 0.0668. The van der Waals surface area contributed by atoms with Crippen LogP contribution in [-0.4, -0.2) is 49.3 Å². The van der Waals surface area contributed by atoms with E-state index in [1.165, 1.54) is 12.1 Å². The van der Waals surface area contributed by atoms with Crippen molar-refractivity contribution in [1.29, 1.82) is 0 Å². The van der Waals surface area contributed by atoms with Crippen molar-refractivity contribution >= 4 is 11.6 Å². The summed E-state index contributed by atoms with van der Waals surface area (Å²) >= 11 is 0. The van der Waals surface area contributed by atoms with Crippen LogP contribution in [0.3, 0.4) is 0 Å². The number of ketones is 2. The lowest BCUT2D eigenvalue weighted by molar-refractivity contribution is -0.151. The minimum atomic E-state index is -2.50. The molecule has 188 valence electrons. The Morgan fingerprint density at radius 2 is 1.47 bits per heavy atom. The second-order valence-corrected chi connectivity index (χ2v) is 9.65. The Hall–Kier alpha value is -3.98. The lowest BCUT2D eigenvalue weighted by Crippen LogP contribution is -2.61. The van der Waals surface area contributed by atoms with Gasteiger partial charge in [-0.15, -0.1) is 0 Å². The van der Waals surface area contributed by atoms with Crippen molar-refractivity contribution in [3.63, 3.8) is 0 Å². The van der Waals surface area contributed by atoms with Crippen LogP contribution in [0.2, 0.25) is 0 Å². The van der Waals surface area contributed by atoms with Crippen LogP contribution < -0.4 is 4.74 Å². The van der Waals surface area contributed by atoms with Crippen LogP contribution in [-0.2, 0) is 19.7 Å². The molecule has 9 nitrogen and oxygen atoms in total. The minimum Gasteiger partial charge on any atom is -0.504 e. The van der Waals surface area contributed by atoms with E-state index in [-0.39, 0.29) is 40.4 Å². The lowest BCUT2D eigenvalue weighted by atomic mass is 9.54. The van der Waals surface area contributed by atoms with Gasteiger partial charge in [-0.1, -0.05) is 6.92 Å². The molecular weight excluding hydrogens is 468 g/mol. The number of phenols is 4. The number of aromatic hydroxyl groups is 4. The Balaban J connectivity index is 2.07. The van der Waals surface area contributed by atoms with Crippen molar-refractivity contribution in [3.05, 3.63) is 57.4 Å². The van der Waals surface area contributed by atoms with Crippen molar-refractivity contribution in [2.24, 2.45) is 0 Å². The van der Waals surface area contributed by atoms with E-state index in [0.717, 1.165) is 13.3 Å². The number of carbonyl (C=O) groups excluding carboxylic acids is 2. The molecule has 2 aromatic carbocycles. The van der Waals surface area contributed by atoms with Crippen LogP contribution in [0.15, 0.2) is 35.1 Å². The number of aryl methyl sites for hydroxylation is 2. The number of fused-ring (bicyclic) bond motifs is 5. The van der Waals surface area contributed by atoms with Gasteiger partial charge in [0.05, 0.1) is 5.76 Å². The summed E-state index contributed by atoms with van der Waals surface area (Å²) in [5.74, 6) is -4.32. The number of phenolic OH excluding ortho intramolecular Hbond substituents is 4. The summed E-state index contributed by atoms with van der Waals surface area (Å²) in [6.45, 7) is 6.05. The number of aliphatic hydroxyl groups is 1. The van der Waals surface area contributed by atoms with Gasteiger partial charge >= 0.3 is 0 Å². The summed E-state index contributed by atoms with van der Waals surface area (Å²) in [7, 11) is 0. The molecule has 3 aliphatic rings. The predicted octanol–water partition coefficient (Wildman–Crippen LogP) is 3.43. The van der Waals surface area contributed by atoms with E-state index < -0.39 is 45.6 Å². The van der Waals surface area contributed by atoms with Crippen molar-refractivity contribution in [2.45, 2.75) is 51.6 Å². The van der Waals surface area contributed by atoms with Crippen molar-refractivity contribution in [1.82, 2.24) is 0 Å². The number of carbonyl (C=O) groups is 2. The first-order chi connectivity index (χ1) is 16.9. The van der Waals surface area contributed by atoms with Gasteiger partial charge < -0.3 is 35.0 Å². The van der Waals surface area contributed by atoms with Crippen LogP contribution >= 0.6 is 0 Å². The SMILES string of the molecule is CCCC1=CC2=C(CO1)C(=O)C(C)(O)C(=O)C21c2c(C)cc(O)c(O)c2Oc2c(O)c(O)cc(C)c21. The summed E-state index contributed by atoms with van der Waals surface area (Å²) in [4.78, 5) is 27.8. The van der Waals surface area contributed by atoms with Crippen LogP contribution in [0.1, 0.15) is 48.9 Å². The average molecular weight is 494 g/mol. The van der Waals surface area contributed by atoms with Crippen molar-refractivity contribution < 1.29 is 44.6 Å². The largest absolute Gasteiger partial charge is 0.504 e. The molecule has 5 N–H and O–H groups in total. The monoisotopic (exact) mass is 494 g/mol. The van der Waals surface area contributed by atoms with E-state index in [9.17, 15) is 35.1 Å². The highest BCUT2D eigenvalue weighted by Crippen LogP contribution is 2.64. The Kier molecular flexibility index (Phi) is 4.95. The normalized spacial score (nSPS) is 21.9. The molecule has 1 aliphatic carbocycles. The van der Waals surface area contributed by atoms with Gasteiger partial charge in [-0.25, -0.2) is 0 Å². The van der Waals surface area contributed by atoms with Gasteiger partial charge in [-0.3, -0.25) is 9.59 Å². The molecule has 1 unspecified atom stereocenters. The lowest BCUT2D eigenvalue weighted by Gasteiger charge is -2.48.